The van der Waals surface area contributed by atoms with Crippen LogP contribution in [-0.2, 0) is 4.79 Å². The van der Waals surface area contributed by atoms with Gasteiger partial charge in [0.1, 0.15) is 0 Å². The maximum atomic E-state index is 10.9. The minimum atomic E-state index is -0.119. The summed E-state index contributed by atoms with van der Waals surface area (Å²) in [4.78, 5) is 10.9. The summed E-state index contributed by atoms with van der Waals surface area (Å²) in [5.41, 5.74) is 0. The Labute approximate surface area is 79.5 Å². The Balaban J connectivity index is 2.39. The molecular formula is C10H17ClO. The van der Waals surface area contributed by atoms with E-state index in [1.807, 2.05) is 0 Å². The molecule has 1 rings (SSSR count). The molecule has 0 saturated heterocycles. The highest BCUT2D eigenvalue weighted by molar-refractivity contribution is 6.63. The van der Waals surface area contributed by atoms with E-state index in [-0.39, 0.29) is 11.2 Å². The summed E-state index contributed by atoms with van der Waals surface area (Å²) < 4.78 is 0. The van der Waals surface area contributed by atoms with E-state index in [4.69, 9.17) is 11.6 Å². The Morgan fingerprint density at radius 3 is 2.67 bits per heavy atom. The van der Waals surface area contributed by atoms with E-state index in [2.05, 4.69) is 6.92 Å². The Hall–Kier alpha value is -0.0400. The maximum Gasteiger partial charge on any atom is 0.224 e. The van der Waals surface area contributed by atoms with Crippen molar-refractivity contribution in [3.05, 3.63) is 0 Å². The molecule has 0 aliphatic heterocycles. The summed E-state index contributed by atoms with van der Waals surface area (Å²) >= 11 is 5.48. The average Bonchev–Trinajstić information content (AvgIpc) is 2.28. The lowest BCUT2D eigenvalue weighted by Gasteiger charge is -2.10. The smallest absolute Gasteiger partial charge is 0.224 e. The molecule has 1 aliphatic rings. The number of carbonyl (C=O) groups is 1. The summed E-state index contributed by atoms with van der Waals surface area (Å²) in [6, 6.07) is 0. The lowest BCUT2D eigenvalue weighted by Crippen LogP contribution is -2.07. The van der Waals surface area contributed by atoms with Gasteiger partial charge in [0.25, 0.3) is 0 Å². The van der Waals surface area contributed by atoms with Gasteiger partial charge < -0.3 is 0 Å². The molecule has 2 unspecified atom stereocenters. The van der Waals surface area contributed by atoms with Gasteiger partial charge in [-0.1, -0.05) is 26.2 Å². The van der Waals surface area contributed by atoms with E-state index >= 15 is 0 Å². The average molecular weight is 189 g/mol. The molecule has 12 heavy (non-hydrogen) atoms. The van der Waals surface area contributed by atoms with Crippen molar-refractivity contribution < 1.29 is 4.79 Å². The minimum Gasteiger partial charge on any atom is -0.281 e. The Kier molecular flexibility index (Phi) is 4.07. The normalized spacial score (nSPS) is 31.2. The third-order valence-corrected chi connectivity index (χ3v) is 3.30. The minimum absolute atomic E-state index is 0.119. The zero-order chi connectivity index (χ0) is 8.97. The van der Waals surface area contributed by atoms with Crippen LogP contribution in [0.4, 0.5) is 0 Å². The molecule has 2 heteroatoms. The Bertz CT molecular complexity index is 156. The molecular weight excluding hydrogens is 172 g/mol. The molecule has 2 atom stereocenters. The standard InChI is InChI=1S/C10H17ClO/c1-2-8-4-3-5-9(7-6-8)10(11)12/h8-9H,2-7H2,1H3. The number of halogens is 1. The zero-order valence-electron chi connectivity index (χ0n) is 7.68. The van der Waals surface area contributed by atoms with Crippen molar-refractivity contribution in [2.24, 2.45) is 11.8 Å². The van der Waals surface area contributed by atoms with Gasteiger partial charge in [0, 0.05) is 5.92 Å². The van der Waals surface area contributed by atoms with Gasteiger partial charge >= 0.3 is 0 Å². The molecule has 0 N–H and O–H groups in total. The third-order valence-electron chi connectivity index (χ3n) is 2.99. The Morgan fingerprint density at radius 1 is 1.33 bits per heavy atom. The van der Waals surface area contributed by atoms with Gasteiger partial charge in [-0.25, -0.2) is 0 Å². The quantitative estimate of drug-likeness (QED) is 0.480. The zero-order valence-corrected chi connectivity index (χ0v) is 8.44. The van der Waals surface area contributed by atoms with Crippen LogP contribution in [0.15, 0.2) is 0 Å². The summed E-state index contributed by atoms with van der Waals surface area (Å²) in [6.45, 7) is 2.23. The van der Waals surface area contributed by atoms with Crippen LogP contribution in [0.1, 0.15) is 45.4 Å². The first-order valence-corrected chi connectivity index (χ1v) is 5.31. The molecule has 0 bridgehead atoms. The van der Waals surface area contributed by atoms with Crippen molar-refractivity contribution in [1.82, 2.24) is 0 Å². The molecule has 1 fully saturated rings. The van der Waals surface area contributed by atoms with Crippen LogP contribution >= 0.6 is 11.6 Å². The second-order valence-electron chi connectivity index (χ2n) is 3.78. The van der Waals surface area contributed by atoms with Gasteiger partial charge in [0.2, 0.25) is 5.24 Å². The molecule has 0 heterocycles. The van der Waals surface area contributed by atoms with Crippen LogP contribution in [0.5, 0.6) is 0 Å². The Morgan fingerprint density at radius 2 is 2.08 bits per heavy atom. The highest BCUT2D eigenvalue weighted by atomic mass is 35.5. The lowest BCUT2D eigenvalue weighted by atomic mass is 9.97. The molecule has 70 valence electrons. The lowest BCUT2D eigenvalue weighted by molar-refractivity contribution is -0.115. The first-order chi connectivity index (χ1) is 5.74. The van der Waals surface area contributed by atoms with Gasteiger partial charge in [-0.3, -0.25) is 4.79 Å². The molecule has 0 spiro atoms. The molecule has 0 aromatic rings. The summed E-state index contributed by atoms with van der Waals surface area (Å²) in [6.07, 6.45) is 6.95. The van der Waals surface area contributed by atoms with E-state index in [0.29, 0.717) is 0 Å². The molecule has 1 aliphatic carbocycles. The summed E-state index contributed by atoms with van der Waals surface area (Å²) in [7, 11) is 0. The first-order valence-electron chi connectivity index (χ1n) is 4.93. The SMILES string of the molecule is CCC1CCCC(C(=O)Cl)CC1. The van der Waals surface area contributed by atoms with Crippen LogP contribution in [0.25, 0.3) is 0 Å². The van der Waals surface area contributed by atoms with E-state index in [9.17, 15) is 4.79 Å². The topological polar surface area (TPSA) is 17.1 Å². The van der Waals surface area contributed by atoms with E-state index < -0.39 is 0 Å². The number of hydrogen-bond donors (Lipinski definition) is 0. The maximum absolute atomic E-state index is 10.9. The van der Waals surface area contributed by atoms with Crippen molar-refractivity contribution >= 4 is 16.8 Å². The monoisotopic (exact) mass is 188 g/mol. The first kappa shape index (κ1) is 10.0. The highest BCUT2D eigenvalue weighted by Gasteiger charge is 2.21. The third kappa shape index (κ3) is 2.78. The number of hydrogen-bond acceptors (Lipinski definition) is 1. The van der Waals surface area contributed by atoms with Crippen molar-refractivity contribution in [3.63, 3.8) is 0 Å². The molecule has 0 aromatic carbocycles. The highest BCUT2D eigenvalue weighted by Crippen LogP contribution is 2.29. The van der Waals surface area contributed by atoms with Crippen LogP contribution < -0.4 is 0 Å². The van der Waals surface area contributed by atoms with Gasteiger partial charge in [-0.15, -0.1) is 0 Å². The van der Waals surface area contributed by atoms with Crippen molar-refractivity contribution in [2.45, 2.75) is 45.4 Å². The predicted molar refractivity (Wildman–Crippen MR) is 51.2 cm³/mol. The van der Waals surface area contributed by atoms with Crippen molar-refractivity contribution in [2.75, 3.05) is 0 Å². The molecule has 1 nitrogen and oxygen atoms in total. The number of rotatable bonds is 2. The van der Waals surface area contributed by atoms with Crippen molar-refractivity contribution in [3.8, 4) is 0 Å². The fourth-order valence-corrected chi connectivity index (χ4v) is 2.23. The van der Waals surface area contributed by atoms with Crippen LogP contribution in [0.2, 0.25) is 0 Å². The van der Waals surface area contributed by atoms with Gasteiger partial charge in [-0.2, -0.15) is 0 Å². The fraction of sp³-hybridized carbons (Fsp3) is 0.900. The summed E-state index contributed by atoms with van der Waals surface area (Å²) in [5, 5.41) is -0.119. The van der Waals surface area contributed by atoms with Crippen LogP contribution in [0, 0.1) is 11.8 Å². The van der Waals surface area contributed by atoms with Crippen LogP contribution in [0.3, 0.4) is 0 Å². The van der Waals surface area contributed by atoms with E-state index in [1.165, 1.54) is 25.7 Å². The largest absolute Gasteiger partial charge is 0.281 e. The van der Waals surface area contributed by atoms with Crippen LogP contribution in [-0.4, -0.2) is 5.24 Å². The van der Waals surface area contributed by atoms with Gasteiger partial charge in [-0.05, 0) is 36.8 Å². The molecule has 0 amide bonds. The predicted octanol–water partition coefficient (Wildman–Crippen LogP) is 3.36. The fourth-order valence-electron chi connectivity index (χ4n) is 2.01. The van der Waals surface area contributed by atoms with Gasteiger partial charge in [0.15, 0.2) is 0 Å². The molecule has 1 saturated carbocycles. The number of carbonyl (C=O) groups excluding carboxylic acids is 1. The van der Waals surface area contributed by atoms with E-state index in [1.54, 1.807) is 0 Å². The van der Waals surface area contributed by atoms with Gasteiger partial charge in [0.05, 0.1) is 0 Å². The summed E-state index contributed by atoms with van der Waals surface area (Å²) in [5.74, 6) is 0.995. The molecule has 0 aromatic heterocycles. The molecule has 0 radical (unpaired) electrons. The van der Waals surface area contributed by atoms with E-state index in [0.717, 1.165) is 18.8 Å². The second kappa shape index (κ2) is 4.86. The second-order valence-corrected chi connectivity index (χ2v) is 4.16. The van der Waals surface area contributed by atoms with Crippen molar-refractivity contribution in [1.29, 1.82) is 0 Å².